The van der Waals surface area contributed by atoms with Gasteiger partial charge < -0.3 is 10.0 Å². The van der Waals surface area contributed by atoms with Crippen molar-refractivity contribution in [3.05, 3.63) is 77.5 Å². The van der Waals surface area contributed by atoms with Gasteiger partial charge in [-0.25, -0.2) is 4.98 Å². The van der Waals surface area contributed by atoms with Gasteiger partial charge in [-0.05, 0) is 68.8 Å². The zero-order chi connectivity index (χ0) is 22.8. The Bertz CT molecular complexity index is 1260. The molecule has 6 heteroatoms. The highest BCUT2D eigenvalue weighted by Crippen LogP contribution is 2.30. The number of aromatic hydroxyl groups is 1. The Kier molecular flexibility index (Phi) is 5.92. The molecule has 3 heterocycles. The van der Waals surface area contributed by atoms with Crippen molar-refractivity contribution in [2.24, 2.45) is 0 Å². The van der Waals surface area contributed by atoms with Crippen LogP contribution in [0.5, 0.6) is 5.75 Å². The van der Waals surface area contributed by atoms with Gasteiger partial charge in [0.15, 0.2) is 11.4 Å². The Morgan fingerprint density at radius 1 is 1.09 bits per heavy atom. The summed E-state index contributed by atoms with van der Waals surface area (Å²) in [6, 6.07) is 19.1. The van der Waals surface area contributed by atoms with Crippen molar-refractivity contribution < 1.29 is 9.90 Å². The molecule has 5 rings (SSSR count). The van der Waals surface area contributed by atoms with Crippen molar-refractivity contribution >= 4 is 16.8 Å². The van der Waals surface area contributed by atoms with Crippen LogP contribution in [-0.2, 0) is 0 Å². The molecule has 2 aromatic carbocycles. The van der Waals surface area contributed by atoms with Crippen molar-refractivity contribution in [3.63, 3.8) is 0 Å². The van der Waals surface area contributed by atoms with E-state index in [0.29, 0.717) is 23.3 Å². The van der Waals surface area contributed by atoms with Crippen LogP contribution >= 0.6 is 0 Å². The van der Waals surface area contributed by atoms with Crippen molar-refractivity contribution in [2.45, 2.75) is 32.1 Å². The summed E-state index contributed by atoms with van der Waals surface area (Å²) in [6.45, 7) is 5.01. The summed E-state index contributed by atoms with van der Waals surface area (Å²) in [6.07, 6.45) is 2.88. The van der Waals surface area contributed by atoms with Gasteiger partial charge in [0, 0.05) is 35.7 Å². The van der Waals surface area contributed by atoms with Crippen LogP contribution in [0.3, 0.4) is 0 Å². The van der Waals surface area contributed by atoms with Crippen molar-refractivity contribution in [2.75, 3.05) is 19.6 Å². The van der Waals surface area contributed by atoms with Gasteiger partial charge in [0.2, 0.25) is 0 Å². The van der Waals surface area contributed by atoms with E-state index in [4.69, 9.17) is 0 Å². The Balaban J connectivity index is 1.51. The number of nitrogens with one attached hydrogen (secondary N) is 1. The molecule has 1 aliphatic rings. The van der Waals surface area contributed by atoms with Gasteiger partial charge in [-0.2, -0.15) is 5.10 Å². The maximum atomic E-state index is 13.8. The maximum Gasteiger partial charge on any atom is 0.182 e. The fourth-order valence-electron chi connectivity index (χ4n) is 4.80. The largest absolute Gasteiger partial charge is 0.508 e. The molecule has 2 aromatic heterocycles. The van der Waals surface area contributed by atoms with Crippen LogP contribution in [0.1, 0.15) is 46.8 Å². The fraction of sp³-hybridized carbons (Fsp3) is 0.296. The molecular weight excluding hydrogens is 412 g/mol. The van der Waals surface area contributed by atoms with Crippen LogP contribution in [0.4, 0.5) is 0 Å². The highest BCUT2D eigenvalue weighted by molar-refractivity contribution is 6.08. The van der Waals surface area contributed by atoms with E-state index in [0.717, 1.165) is 36.3 Å². The van der Waals surface area contributed by atoms with Crippen molar-refractivity contribution in [1.82, 2.24) is 20.1 Å². The summed E-state index contributed by atoms with van der Waals surface area (Å²) in [4.78, 5) is 20.9. The number of aromatic amines is 1. The monoisotopic (exact) mass is 440 g/mol. The SMILES string of the molecule is Cc1[nH]nc2nc(-c3ccc(O)cc3)cc(C(=O)CC(CN3CCCC3)c3ccccc3)c12. The molecule has 1 atom stereocenters. The quantitative estimate of drug-likeness (QED) is 0.391. The number of likely N-dealkylation sites (tertiary alicyclic amines) is 1. The number of aromatic nitrogens is 3. The second-order valence-corrected chi connectivity index (χ2v) is 8.89. The van der Waals surface area contributed by atoms with Crippen LogP contribution in [0.25, 0.3) is 22.3 Å². The van der Waals surface area contributed by atoms with Crippen molar-refractivity contribution in [3.8, 4) is 17.0 Å². The number of ketones is 1. The Morgan fingerprint density at radius 3 is 2.55 bits per heavy atom. The third-order valence-electron chi connectivity index (χ3n) is 6.55. The Morgan fingerprint density at radius 2 is 1.82 bits per heavy atom. The minimum Gasteiger partial charge on any atom is -0.508 e. The van der Waals surface area contributed by atoms with Crippen LogP contribution in [0.15, 0.2) is 60.7 Å². The van der Waals surface area contributed by atoms with E-state index >= 15 is 0 Å². The molecule has 1 fully saturated rings. The van der Waals surface area contributed by atoms with Gasteiger partial charge in [-0.15, -0.1) is 0 Å². The molecule has 6 nitrogen and oxygen atoms in total. The second kappa shape index (κ2) is 9.16. The number of Topliss-reactive ketones (excluding diaryl/α,β-unsaturated/α-hetero) is 1. The number of nitrogens with zero attached hydrogens (tertiary/aromatic N) is 3. The Hall–Kier alpha value is -3.51. The molecule has 1 aliphatic heterocycles. The zero-order valence-corrected chi connectivity index (χ0v) is 18.8. The predicted octanol–water partition coefficient (Wildman–Crippen LogP) is 5.09. The highest BCUT2D eigenvalue weighted by Gasteiger charge is 2.25. The molecule has 0 spiro atoms. The standard InChI is InChI=1S/C27H28N4O2/c1-18-26-23(16-24(28-27(26)30-29-18)20-9-11-22(32)12-10-20)25(33)15-21(17-31-13-5-6-14-31)19-7-3-2-4-8-19/h2-4,7-12,16,21,32H,5-6,13-15,17H2,1H3,(H,28,29,30). The number of hydrogen-bond acceptors (Lipinski definition) is 5. The van der Waals surface area contributed by atoms with Crippen LogP contribution in [0.2, 0.25) is 0 Å². The summed E-state index contributed by atoms with van der Waals surface area (Å²) >= 11 is 0. The number of phenols is 1. The minimum absolute atomic E-state index is 0.0972. The number of aryl methyl sites for hydroxylation is 1. The van der Waals surface area contributed by atoms with E-state index in [9.17, 15) is 9.90 Å². The molecule has 1 saturated heterocycles. The van der Waals surface area contributed by atoms with E-state index in [2.05, 4.69) is 32.2 Å². The summed E-state index contributed by atoms with van der Waals surface area (Å²) in [5.74, 6) is 0.420. The number of rotatable bonds is 7. The summed E-state index contributed by atoms with van der Waals surface area (Å²) in [7, 11) is 0. The molecule has 0 amide bonds. The molecule has 168 valence electrons. The van der Waals surface area contributed by atoms with Crippen LogP contribution in [0, 0.1) is 6.92 Å². The van der Waals surface area contributed by atoms with E-state index in [-0.39, 0.29) is 17.5 Å². The third-order valence-corrected chi connectivity index (χ3v) is 6.55. The lowest BCUT2D eigenvalue weighted by Gasteiger charge is -2.23. The van der Waals surface area contributed by atoms with E-state index < -0.39 is 0 Å². The number of benzene rings is 2. The first-order valence-corrected chi connectivity index (χ1v) is 11.5. The smallest absolute Gasteiger partial charge is 0.182 e. The molecule has 0 radical (unpaired) electrons. The van der Waals surface area contributed by atoms with Crippen LogP contribution in [-0.4, -0.2) is 50.6 Å². The second-order valence-electron chi connectivity index (χ2n) is 8.89. The predicted molar refractivity (Wildman–Crippen MR) is 130 cm³/mol. The molecule has 1 unspecified atom stereocenters. The summed E-state index contributed by atoms with van der Waals surface area (Å²) < 4.78 is 0. The average molecular weight is 441 g/mol. The summed E-state index contributed by atoms with van der Waals surface area (Å²) in [5.41, 5.74) is 4.74. The number of pyridine rings is 1. The first-order chi connectivity index (χ1) is 16.1. The van der Waals surface area contributed by atoms with E-state index in [1.807, 2.05) is 31.2 Å². The lowest BCUT2D eigenvalue weighted by Crippen LogP contribution is -2.27. The third kappa shape index (κ3) is 4.52. The number of phenolic OH excluding ortho intramolecular Hbond substituents is 1. The normalized spacial score (nSPS) is 15.2. The molecule has 33 heavy (non-hydrogen) atoms. The van der Waals surface area contributed by atoms with Gasteiger partial charge in [-0.3, -0.25) is 9.89 Å². The first kappa shape index (κ1) is 21.3. The van der Waals surface area contributed by atoms with Gasteiger partial charge in [0.05, 0.1) is 11.1 Å². The number of H-pyrrole nitrogens is 1. The van der Waals surface area contributed by atoms with Gasteiger partial charge in [-0.1, -0.05) is 30.3 Å². The number of carbonyl (C=O) groups excluding carboxylic acids is 1. The summed E-state index contributed by atoms with van der Waals surface area (Å²) in [5, 5.41) is 17.8. The zero-order valence-electron chi connectivity index (χ0n) is 18.8. The topological polar surface area (TPSA) is 82.1 Å². The van der Waals surface area contributed by atoms with E-state index in [1.54, 1.807) is 24.3 Å². The Labute approximate surface area is 193 Å². The fourth-order valence-corrected chi connectivity index (χ4v) is 4.80. The van der Waals surface area contributed by atoms with Gasteiger partial charge in [0.25, 0.3) is 0 Å². The van der Waals surface area contributed by atoms with Crippen molar-refractivity contribution in [1.29, 1.82) is 0 Å². The number of carbonyl (C=O) groups is 1. The molecule has 4 aromatic rings. The maximum absolute atomic E-state index is 13.8. The molecule has 0 aliphatic carbocycles. The van der Waals surface area contributed by atoms with Crippen LogP contribution < -0.4 is 0 Å². The van der Waals surface area contributed by atoms with E-state index in [1.165, 1.54) is 18.4 Å². The number of fused-ring (bicyclic) bond motifs is 1. The lowest BCUT2D eigenvalue weighted by atomic mass is 9.90. The number of hydrogen-bond donors (Lipinski definition) is 2. The average Bonchev–Trinajstić information content (AvgIpc) is 3.49. The molecule has 0 bridgehead atoms. The lowest BCUT2D eigenvalue weighted by molar-refractivity contribution is 0.0969. The molecule has 2 N–H and O–H groups in total. The first-order valence-electron chi connectivity index (χ1n) is 11.5. The highest BCUT2D eigenvalue weighted by atomic mass is 16.3. The van der Waals surface area contributed by atoms with Gasteiger partial charge >= 0.3 is 0 Å². The van der Waals surface area contributed by atoms with Gasteiger partial charge in [0.1, 0.15) is 5.75 Å². The molecular formula is C27H28N4O2. The molecule has 0 saturated carbocycles. The minimum atomic E-state index is 0.0972.